The molecule has 0 saturated heterocycles. The molecule has 1 amide bonds. The molecule has 2 aromatic rings. The van der Waals surface area contributed by atoms with Gasteiger partial charge in [-0.1, -0.05) is 45.9 Å². The number of aromatic nitrogens is 3. The van der Waals surface area contributed by atoms with Crippen LogP contribution in [-0.4, -0.2) is 40.1 Å². The fourth-order valence-electron chi connectivity index (χ4n) is 1.98. The molecule has 0 aliphatic carbocycles. The van der Waals surface area contributed by atoms with Crippen LogP contribution in [0.1, 0.15) is 52.0 Å². The first kappa shape index (κ1) is 25.9. The van der Waals surface area contributed by atoms with E-state index in [1.165, 1.54) is 20.4 Å². The first-order valence-corrected chi connectivity index (χ1v) is 9.77. The number of carbonyl (C=O) groups is 1. The highest BCUT2D eigenvalue weighted by molar-refractivity contribution is 5.92. The molecule has 0 aliphatic heterocycles. The molecule has 158 valence electrons. The predicted octanol–water partition coefficient (Wildman–Crippen LogP) is 5.16. The van der Waals surface area contributed by atoms with Gasteiger partial charge in [-0.2, -0.15) is 0 Å². The molecule has 0 spiro atoms. The summed E-state index contributed by atoms with van der Waals surface area (Å²) < 4.78 is 0. The van der Waals surface area contributed by atoms with E-state index in [2.05, 4.69) is 20.3 Å². The average Bonchev–Trinajstić information content (AvgIpc) is 2.78. The van der Waals surface area contributed by atoms with Crippen molar-refractivity contribution in [3.05, 3.63) is 60.1 Å². The second kappa shape index (κ2) is 14.9. The van der Waals surface area contributed by atoms with Gasteiger partial charge in [0.2, 0.25) is 0 Å². The molecule has 29 heavy (non-hydrogen) atoms. The van der Waals surface area contributed by atoms with Gasteiger partial charge >= 0.3 is 0 Å². The molecule has 0 unspecified atom stereocenters. The van der Waals surface area contributed by atoms with E-state index in [0.29, 0.717) is 17.0 Å². The minimum Gasteiger partial charge on any atom is -0.340 e. The summed E-state index contributed by atoms with van der Waals surface area (Å²) in [5.41, 5.74) is 2.03. The normalized spacial score (nSPS) is 11.0. The second-order valence-corrected chi connectivity index (χ2v) is 5.05. The highest BCUT2D eigenvalue weighted by Gasteiger charge is 2.14. The van der Waals surface area contributed by atoms with Crippen molar-refractivity contribution >= 4 is 22.9 Å². The number of allylic oxidation sites excluding steroid dienone is 5. The molecule has 2 aromatic heterocycles. The van der Waals surface area contributed by atoms with Gasteiger partial charge in [0.25, 0.3) is 5.91 Å². The fraction of sp³-hybridized carbons (Fsp3) is 0.364. The number of hydrogen-bond acceptors (Lipinski definition) is 6. The van der Waals surface area contributed by atoms with E-state index in [9.17, 15) is 4.79 Å². The molecule has 0 bridgehead atoms. The number of nitrogens with zero attached hydrogens (tertiary/aromatic N) is 4. The molecule has 0 saturated carbocycles. The summed E-state index contributed by atoms with van der Waals surface area (Å²) in [5, 5.41) is 4.30. The minimum atomic E-state index is -0.389. The number of amides is 1. The zero-order valence-corrected chi connectivity index (χ0v) is 18.7. The van der Waals surface area contributed by atoms with E-state index in [0.717, 1.165) is 10.8 Å². The van der Waals surface area contributed by atoms with Gasteiger partial charge in [0.05, 0.1) is 13.3 Å². The Balaban J connectivity index is 0.00000184. The highest BCUT2D eigenvalue weighted by Crippen LogP contribution is 2.14. The number of nitrogens with one attached hydrogen (secondary N) is 1. The van der Waals surface area contributed by atoms with Crippen LogP contribution in [0, 0.1) is 0 Å². The maximum atomic E-state index is 12.1. The lowest BCUT2D eigenvalue weighted by atomic mass is 10.3. The summed E-state index contributed by atoms with van der Waals surface area (Å²) in [7, 11) is 2.92. The fourth-order valence-corrected chi connectivity index (χ4v) is 1.98. The van der Waals surface area contributed by atoms with E-state index in [1.54, 1.807) is 6.07 Å². The van der Waals surface area contributed by atoms with Crippen LogP contribution in [0.25, 0.3) is 11.2 Å². The lowest BCUT2D eigenvalue weighted by molar-refractivity contribution is -0.0760. The zero-order chi connectivity index (χ0) is 22.2. The van der Waals surface area contributed by atoms with Crippen molar-refractivity contribution in [2.45, 2.75) is 41.5 Å². The van der Waals surface area contributed by atoms with Crippen LogP contribution >= 0.6 is 0 Å². The third-order valence-electron chi connectivity index (χ3n) is 3.27. The molecule has 0 radical (unpaired) electrons. The van der Waals surface area contributed by atoms with Crippen LogP contribution in [0.5, 0.6) is 0 Å². The molecular formula is C22H33N5O2. The first-order valence-electron chi connectivity index (χ1n) is 9.77. The average molecular weight is 400 g/mol. The van der Waals surface area contributed by atoms with Crippen molar-refractivity contribution in [1.29, 1.82) is 0 Å². The molecule has 0 atom stereocenters. The molecule has 0 aromatic carbocycles. The molecule has 7 heteroatoms. The molecule has 0 fully saturated rings. The van der Waals surface area contributed by atoms with Crippen molar-refractivity contribution in [2.75, 3.05) is 19.5 Å². The Morgan fingerprint density at radius 3 is 2.38 bits per heavy atom. The third kappa shape index (κ3) is 8.23. The Kier molecular flexibility index (Phi) is 13.4. The van der Waals surface area contributed by atoms with Gasteiger partial charge in [-0.25, -0.2) is 15.0 Å². The van der Waals surface area contributed by atoms with Gasteiger partial charge < -0.3 is 5.32 Å². The van der Waals surface area contributed by atoms with Crippen molar-refractivity contribution in [2.24, 2.45) is 0 Å². The summed E-state index contributed by atoms with van der Waals surface area (Å²) in [4.78, 5) is 29.9. The second-order valence-electron chi connectivity index (χ2n) is 5.05. The summed E-state index contributed by atoms with van der Waals surface area (Å²) in [5.74, 6) is 0.222. The first-order chi connectivity index (χ1) is 14.1. The van der Waals surface area contributed by atoms with Crippen molar-refractivity contribution < 1.29 is 9.63 Å². The maximum Gasteiger partial charge on any atom is 0.297 e. The number of rotatable bonds is 6. The molecule has 2 heterocycles. The van der Waals surface area contributed by atoms with Crippen LogP contribution < -0.4 is 5.32 Å². The van der Waals surface area contributed by atoms with Crippen molar-refractivity contribution in [3.8, 4) is 0 Å². The summed E-state index contributed by atoms with van der Waals surface area (Å²) in [6, 6.07) is 3.61. The van der Waals surface area contributed by atoms with Crippen LogP contribution in [0.15, 0.2) is 54.4 Å². The number of pyridine rings is 1. The molecular weight excluding hydrogens is 366 g/mol. The highest BCUT2D eigenvalue weighted by atomic mass is 16.7. The monoisotopic (exact) mass is 399 g/mol. The zero-order valence-electron chi connectivity index (χ0n) is 18.7. The smallest absolute Gasteiger partial charge is 0.297 e. The van der Waals surface area contributed by atoms with E-state index < -0.39 is 0 Å². The predicted molar refractivity (Wildman–Crippen MR) is 120 cm³/mol. The van der Waals surface area contributed by atoms with Crippen molar-refractivity contribution in [3.63, 3.8) is 0 Å². The Bertz CT molecular complexity index is 844. The molecule has 1 N–H and O–H groups in total. The SMILES string of the molecule is CC.CC.C\C=C/C=C(\C=C/C)Nc1ccc2ncc(C(=O)N(C)OC)nc2n1. The van der Waals surface area contributed by atoms with E-state index in [-0.39, 0.29) is 11.6 Å². The molecule has 2 rings (SSSR count). The van der Waals surface area contributed by atoms with E-state index in [1.807, 2.05) is 78.0 Å². The maximum absolute atomic E-state index is 12.1. The van der Waals surface area contributed by atoms with Crippen LogP contribution in [0.3, 0.4) is 0 Å². The van der Waals surface area contributed by atoms with Gasteiger partial charge in [-0.3, -0.25) is 14.6 Å². The standard InChI is InChI=1S/C18H21N5O2.2C2H6/c1-5-7-9-13(8-6-2)20-16-11-10-14-17(22-16)21-15(12-19-14)18(24)23(3)25-4;2*1-2/h5-12H,1-4H3,(H,20,21,22);2*1-2H3/b7-5-,8-6-,13-9+;;. The summed E-state index contributed by atoms with van der Waals surface area (Å²) in [6.07, 6.45) is 11.1. The molecule has 0 aliphatic rings. The Hall–Kier alpha value is -3.06. The Labute approximate surface area is 174 Å². The number of fused-ring (bicyclic) bond motifs is 1. The number of carbonyl (C=O) groups excluding carboxylic acids is 1. The summed E-state index contributed by atoms with van der Waals surface area (Å²) >= 11 is 0. The van der Waals surface area contributed by atoms with Gasteiger partial charge in [0.15, 0.2) is 11.3 Å². The van der Waals surface area contributed by atoms with Gasteiger partial charge in [-0.15, -0.1) is 0 Å². The summed E-state index contributed by atoms with van der Waals surface area (Å²) in [6.45, 7) is 11.9. The van der Waals surface area contributed by atoms with Crippen LogP contribution in [0.4, 0.5) is 5.82 Å². The van der Waals surface area contributed by atoms with E-state index >= 15 is 0 Å². The van der Waals surface area contributed by atoms with Crippen LogP contribution in [0.2, 0.25) is 0 Å². The largest absolute Gasteiger partial charge is 0.340 e. The quantitative estimate of drug-likeness (QED) is 0.534. The number of hydrogen-bond donors (Lipinski definition) is 1. The Morgan fingerprint density at radius 1 is 1.10 bits per heavy atom. The third-order valence-corrected chi connectivity index (χ3v) is 3.27. The van der Waals surface area contributed by atoms with Gasteiger partial charge in [0.1, 0.15) is 11.3 Å². The Morgan fingerprint density at radius 2 is 1.79 bits per heavy atom. The van der Waals surface area contributed by atoms with E-state index in [4.69, 9.17) is 4.84 Å². The topological polar surface area (TPSA) is 80.2 Å². The molecule has 7 nitrogen and oxygen atoms in total. The lowest BCUT2D eigenvalue weighted by Gasteiger charge is -2.12. The van der Waals surface area contributed by atoms with Crippen LogP contribution in [-0.2, 0) is 4.84 Å². The van der Waals surface area contributed by atoms with Gasteiger partial charge in [0, 0.05) is 12.7 Å². The number of anilines is 1. The minimum absolute atomic E-state index is 0.166. The number of hydroxylamine groups is 2. The van der Waals surface area contributed by atoms with Gasteiger partial charge in [-0.05, 0) is 38.1 Å². The van der Waals surface area contributed by atoms with Crippen molar-refractivity contribution in [1.82, 2.24) is 20.0 Å². The lowest BCUT2D eigenvalue weighted by Crippen LogP contribution is -2.26.